The van der Waals surface area contributed by atoms with Crippen LogP contribution < -0.4 is 4.72 Å². The third-order valence-corrected chi connectivity index (χ3v) is 6.24. The Bertz CT molecular complexity index is 541. The molecule has 1 aliphatic carbocycles. The van der Waals surface area contributed by atoms with Crippen molar-refractivity contribution in [1.29, 1.82) is 0 Å². The summed E-state index contributed by atoms with van der Waals surface area (Å²) in [6, 6.07) is 6.67. The molecule has 1 aliphatic rings. The molecule has 0 saturated heterocycles. The van der Waals surface area contributed by atoms with Crippen LogP contribution in [0.1, 0.15) is 32.1 Å². The van der Waals surface area contributed by atoms with Crippen molar-refractivity contribution in [3.8, 4) is 0 Å². The van der Waals surface area contributed by atoms with Gasteiger partial charge in [0.2, 0.25) is 10.0 Å². The summed E-state index contributed by atoms with van der Waals surface area (Å²) < 4.78 is 27.4. The van der Waals surface area contributed by atoms with Crippen LogP contribution in [0.5, 0.6) is 0 Å². The van der Waals surface area contributed by atoms with Gasteiger partial charge in [0.05, 0.1) is 11.0 Å². The van der Waals surface area contributed by atoms with E-state index in [-0.39, 0.29) is 17.4 Å². The summed E-state index contributed by atoms with van der Waals surface area (Å²) in [7, 11) is -3.58. The van der Waals surface area contributed by atoms with Gasteiger partial charge in [-0.15, -0.1) is 0 Å². The molecule has 112 valence electrons. The summed E-state index contributed by atoms with van der Waals surface area (Å²) in [6.45, 7) is 0.0777. The quantitative estimate of drug-likeness (QED) is 0.846. The predicted octanol–water partition coefficient (Wildman–Crippen LogP) is 2.67. The Morgan fingerprint density at radius 3 is 2.55 bits per heavy atom. The highest BCUT2D eigenvalue weighted by molar-refractivity contribution is 9.10. The molecule has 2 N–H and O–H groups in total. The Morgan fingerprint density at radius 2 is 1.90 bits per heavy atom. The number of benzene rings is 1. The van der Waals surface area contributed by atoms with Crippen LogP contribution in [0.3, 0.4) is 0 Å². The van der Waals surface area contributed by atoms with Crippen LogP contribution in [0, 0.1) is 5.92 Å². The molecule has 0 radical (unpaired) electrons. The third kappa shape index (κ3) is 4.04. The van der Waals surface area contributed by atoms with Gasteiger partial charge < -0.3 is 5.11 Å². The van der Waals surface area contributed by atoms with E-state index in [4.69, 9.17) is 0 Å². The lowest BCUT2D eigenvalue weighted by molar-refractivity contribution is 0.0888. The molecule has 0 heterocycles. The van der Waals surface area contributed by atoms with Crippen molar-refractivity contribution in [2.24, 2.45) is 5.92 Å². The number of halogens is 1. The number of hydrogen-bond acceptors (Lipinski definition) is 3. The molecule has 0 amide bonds. The fraction of sp³-hybridized carbons (Fsp3) is 0.571. The van der Waals surface area contributed by atoms with E-state index in [9.17, 15) is 13.5 Å². The molecule has 6 heteroatoms. The Labute approximate surface area is 128 Å². The zero-order chi connectivity index (χ0) is 14.6. The minimum Gasteiger partial charge on any atom is -0.391 e. The van der Waals surface area contributed by atoms with Crippen LogP contribution in [-0.2, 0) is 10.0 Å². The number of rotatable bonds is 5. The highest BCUT2D eigenvalue weighted by atomic mass is 79.9. The summed E-state index contributed by atoms with van der Waals surface area (Å²) in [4.78, 5) is 0.204. The van der Waals surface area contributed by atoms with Crippen LogP contribution in [-0.4, -0.2) is 26.2 Å². The summed E-state index contributed by atoms with van der Waals surface area (Å²) in [5.74, 6) is 0.214. The second-order valence-electron chi connectivity index (χ2n) is 5.25. The molecular weight excluding hydrogens is 342 g/mol. The average Bonchev–Trinajstić information content (AvgIpc) is 2.46. The third-order valence-electron chi connectivity index (χ3n) is 3.80. The molecule has 1 fully saturated rings. The van der Waals surface area contributed by atoms with Crippen molar-refractivity contribution in [3.05, 3.63) is 28.7 Å². The number of aliphatic hydroxyl groups excluding tert-OH is 1. The van der Waals surface area contributed by atoms with E-state index in [1.54, 1.807) is 24.3 Å². The Balaban J connectivity index is 1.97. The van der Waals surface area contributed by atoms with Gasteiger partial charge in [0.1, 0.15) is 0 Å². The van der Waals surface area contributed by atoms with Crippen LogP contribution in [0.25, 0.3) is 0 Å². The van der Waals surface area contributed by atoms with E-state index in [1.165, 1.54) is 6.42 Å². The van der Waals surface area contributed by atoms with Gasteiger partial charge in [0.15, 0.2) is 0 Å². The molecule has 0 aliphatic heterocycles. The maximum absolute atomic E-state index is 12.2. The largest absolute Gasteiger partial charge is 0.391 e. The molecule has 1 unspecified atom stereocenters. The lowest BCUT2D eigenvalue weighted by Crippen LogP contribution is -2.37. The monoisotopic (exact) mass is 361 g/mol. The number of aliphatic hydroxyl groups is 1. The molecular formula is C14H20BrNO3S. The predicted molar refractivity (Wildman–Crippen MR) is 81.9 cm³/mol. The van der Waals surface area contributed by atoms with Gasteiger partial charge in [0, 0.05) is 11.0 Å². The maximum Gasteiger partial charge on any atom is 0.241 e. The molecule has 0 spiro atoms. The van der Waals surface area contributed by atoms with Gasteiger partial charge in [0.25, 0.3) is 0 Å². The van der Waals surface area contributed by atoms with Crippen LogP contribution >= 0.6 is 15.9 Å². The first-order chi connectivity index (χ1) is 9.50. The van der Waals surface area contributed by atoms with E-state index >= 15 is 0 Å². The van der Waals surface area contributed by atoms with Crippen molar-refractivity contribution in [2.45, 2.75) is 43.1 Å². The van der Waals surface area contributed by atoms with Crippen molar-refractivity contribution in [3.63, 3.8) is 0 Å². The van der Waals surface area contributed by atoms with Crippen LogP contribution in [0.2, 0.25) is 0 Å². The van der Waals surface area contributed by atoms with Gasteiger partial charge in [-0.2, -0.15) is 0 Å². The smallest absolute Gasteiger partial charge is 0.241 e. The second kappa shape index (κ2) is 7.02. The highest BCUT2D eigenvalue weighted by Crippen LogP contribution is 2.26. The summed E-state index contributed by atoms with van der Waals surface area (Å²) in [6.07, 6.45) is 4.83. The summed E-state index contributed by atoms with van der Waals surface area (Å²) in [5, 5.41) is 10.1. The maximum atomic E-state index is 12.2. The molecule has 0 bridgehead atoms. The molecule has 4 nitrogen and oxygen atoms in total. The lowest BCUT2D eigenvalue weighted by Gasteiger charge is -2.26. The molecule has 0 aromatic heterocycles. The van der Waals surface area contributed by atoms with E-state index in [0.29, 0.717) is 4.47 Å². The van der Waals surface area contributed by atoms with E-state index in [1.807, 2.05) is 0 Å². The molecule has 1 aromatic carbocycles. The van der Waals surface area contributed by atoms with Crippen LogP contribution in [0.15, 0.2) is 33.6 Å². The minimum absolute atomic E-state index is 0.0777. The Morgan fingerprint density at radius 1 is 1.25 bits per heavy atom. The highest BCUT2D eigenvalue weighted by Gasteiger charge is 2.24. The first kappa shape index (κ1) is 15.9. The van der Waals surface area contributed by atoms with Gasteiger partial charge in [-0.3, -0.25) is 0 Å². The molecule has 20 heavy (non-hydrogen) atoms. The topological polar surface area (TPSA) is 66.4 Å². The molecule has 1 atom stereocenters. The van der Waals surface area contributed by atoms with E-state index in [2.05, 4.69) is 20.7 Å². The normalized spacial score (nSPS) is 18.9. The Hall–Kier alpha value is -0.430. The average molecular weight is 362 g/mol. The van der Waals surface area contributed by atoms with Crippen molar-refractivity contribution < 1.29 is 13.5 Å². The van der Waals surface area contributed by atoms with E-state index in [0.717, 1.165) is 25.7 Å². The van der Waals surface area contributed by atoms with Gasteiger partial charge in [-0.1, -0.05) is 31.4 Å². The number of nitrogens with one attached hydrogen (secondary N) is 1. The van der Waals surface area contributed by atoms with Crippen molar-refractivity contribution in [1.82, 2.24) is 4.72 Å². The van der Waals surface area contributed by atoms with Crippen LogP contribution in [0.4, 0.5) is 0 Å². The zero-order valence-electron chi connectivity index (χ0n) is 11.3. The molecule has 1 aromatic rings. The minimum atomic E-state index is -3.58. The fourth-order valence-corrected chi connectivity index (χ4v) is 4.67. The second-order valence-corrected chi connectivity index (χ2v) is 7.84. The van der Waals surface area contributed by atoms with E-state index < -0.39 is 16.1 Å². The Kier molecular flexibility index (Phi) is 5.60. The first-order valence-corrected chi connectivity index (χ1v) is 9.20. The lowest BCUT2D eigenvalue weighted by atomic mass is 9.85. The molecule has 1 saturated carbocycles. The van der Waals surface area contributed by atoms with Gasteiger partial charge in [-0.05, 0) is 46.8 Å². The summed E-state index contributed by atoms with van der Waals surface area (Å²) in [5.41, 5.74) is 0. The SMILES string of the molecule is O=S(=O)(NCC(O)C1CCCCC1)c1ccccc1Br. The van der Waals surface area contributed by atoms with Gasteiger partial charge >= 0.3 is 0 Å². The molecule has 2 rings (SSSR count). The van der Waals surface area contributed by atoms with Crippen molar-refractivity contribution in [2.75, 3.05) is 6.54 Å². The zero-order valence-corrected chi connectivity index (χ0v) is 13.7. The summed E-state index contributed by atoms with van der Waals surface area (Å²) >= 11 is 3.23. The van der Waals surface area contributed by atoms with Crippen molar-refractivity contribution >= 4 is 26.0 Å². The fourth-order valence-electron chi connectivity index (χ4n) is 2.62. The van der Waals surface area contributed by atoms with Gasteiger partial charge in [-0.25, -0.2) is 13.1 Å². The first-order valence-electron chi connectivity index (χ1n) is 6.93. The number of sulfonamides is 1. The standard InChI is InChI=1S/C14H20BrNO3S/c15-12-8-4-5-9-14(12)20(18,19)16-10-13(17)11-6-2-1-3-7-11/h4-5,8-9,11,13,16-17H,1-3,6-7,10H2. The number of hydrogen-bond donors (Lipinski definition) is 2.